The van der Waals surface area contributed by atoms with Crippen LogP contribution in [0.15, 0.2) is 0 Å². The molecule has 0 amide bonds. The van der Waals surface area contributed by atoms with Gasteiger partial charge in [-0.05, 0) is 31.0 Å². The third kappa shape index (κ3) is 3.55. The molecule has 0 aromatic heterocycles. The maximum Gasteiger partial charge on any atom is 0.192 e. The molecule has 1 aliphatic heterocycles. The molecule has 0 aromatic rings. The highest BCUT2D eigenvalue weighted by Crippen LogP contribution is 2.38. The second kappa shape index (κ2) is 5.17. The highest BCUT2D eigenvalue weighted by atomic mass is 28.4. The lowest BCUT2D eigenvalue weighted by molar-refractivity contribution is -0.0457. The van der Waals surface area contributed by atoms with Gasteiger partial charge < -0.3 is 14.9 Å². The summed E-state index contributed by atoms with van der Waals surface area (Å²) in [6, 6.07) is 0. The van der Waals surface area contributed by atoms with Crippen LogP contribution in [0.3, 0.4) is 0 Å². The fraction of sp³-hybridized carbons (Fsp3) is 1.00. The Labute approximate surface area is 101 Å². The molecule has 4 heteroatoms. The van der Waals surface area contributed by atoms with Gasteiger partial charge in [0.1, 0.15) is 0 Å². The van der Waals surface area contributed by atoms with Crippen LogP contribution in [0, 0.1) is 0 Å². The van der Waals surface area contributed by atoms with E-state index in [-0.39, 0.29) is 17.2 Å². The van der Waals surface area contributed by atoms with Crippen molar-refractivity contribution >= 4 is 8.32 Å². The first-order valence-corrected chi connectivity index (χ1v) is 9.16. The number of hydrogen-bond donors (Lipinski definition) is 1. The van der Waals surface area contributed by atoms with Crippen molar-refractivity contribution in [1.82, 2.24) is 0 Å². The molecule has 3 nitrogen and oxygen atoms in total. The summed E-state index contributed by atoms with van der Waals surface area (Å²) < 4.78 is 12.0. The summed E-state index contributed by atoms with van der Waals surface area (Å²) in [7, 11) is -1.64. The minimum absolute atomic E-state index is 0.249. The van der Waals surface area contributed by atoms with E-state index >= 15 is 0 Å². The average molecular weight is 245 g/mol. The quantitative estimate of drug-likeness (QED) is 0.777. The zero-order chi connectivity index (χ0) is 12.4. The van der Waals surface area contributed by atoms with Crippen molar-refractivity contribution in [2.45, 2.75) is 64.0 Å². The zero-order valence-electron chi connectivity index (χ0n) is 11.4. The van der Waals surface area contributed by atoms with Gasteiger partial charge in [-0.15, -0.1) is 0 Å². The number of ether oxygens (including phenoxy) is 1. The van der Waals surface area contributed by atoms with E-state index < -0.39 is 8.32 Å². The molecule has 0 aliphatic carbocycles. The molecule has 1 heterocycles. The maximum absolute atomic E-state index is 6.31. The van der Waals surface area contributed by atoms with Gasteiger partial charge in [-0.2, -0.15) is 0 Å². The SMILES string of the molecule is CC(C)(C)[Si](C)(C)O[C@@H]1CC[C@@H](CN)OC1. The molecule has 1 fully saturated rings. The Morgan fingerprint density at radius 1 is 1.31 bits per heavy atom. The average Bonchev–Trinajstić information content (AvgIpc) is 2.16. The van der Waals surface area contributed by atoms with Crippen LogP contribution in [0.4, 0.5) is 0 Å². The van der Waals surface area contributed by atoms with Crippen molar-refractivity contribution in [3.8, 4) is 0 Å². The molecule has 0 bridgehead atoms. The van der Waals surface area contributed by atoms with Gasteiger partial charge in [0.25, 0.3) is 0 Å². The van der Waals surface area contributed by atoms with Crippen LogP contribution >= 0.6 is 0 Å². The highest BCUT2D eigenvalue weighted by molar-refractivity contribution is 6.74. The Morgan fingerprint density at radius 3 is 2.31 bits per heavy atom. The predicted molar refractivity (Wildman–Crippen MR) is 70.1 cm³/mol. The molecule has 0 radical (unpaired) electrons. The monoisotopic (exact) mass is 245 g/mol. The van der Waals surface area contributed by atoms with Crippen LogP contribution in [0.25, 0.3) is 0 Å². The molecule has 1 rings (SSSR count). The first kappa shape index (κ1) is 14.2. The Hall–Kier alpha value is 0.0969. The van der Waals surface area contributed by atoms with Crippen LogP contribution in [-0.4, -0.2) is 33.7 Å². The van der Waals surface area contributed by atoms with Crippen LogP contribution in [0.1, 0.15) is 33.6 Å². The van der Waals surface area contributed by atoms with Crippen LogP contribution in [0.2, 0.25) is 18.1 Å². The lowest BCUT2D eigenvalue weighted by atomic mass is 10.1. The Balaban J connectivity index is 2.45. The lowest BCUT2D eigenvalue weighted by Gasteiger charge is -2.41. The van der Waals surface area contributed by atoms with E-state index in [1.54, 1.807) is 0 Å². The third-order valence-corrected chi connectivity index (χ3v) is 8.39. The largest absolute Gasteiger partial charge is 0.412 e. The summed E-state index contributed by atoms with van der Waals surface area (Å²) in [6.45, 7) is 12.7. The van der Waals surface area contributed by atoms with E-state index in [0.29, 0.717) is 13.2 Å². The minimum Gasteiger partial charge on any atom is -0.412 e. The van der Waals surface area contributed by atoms with Gasteiger partial charge in [-0.1, -0.05) is 20.8 Å². The number of nitrogens with two attached hydrogens (primary N) is 1. The van der Waals surface area contributed by atoms with Gasteiger partial charge in [-0.3, -0.25) is 0 Å². The molecule has 0 saturated carbocycles. The van der Waals surface area contributed by atoms with Crippen molar-refractivity contribution in [3.63, 3.8) is 0 Å². The van der Waals surface area contributed by atoms with Crippen LogP contribution in [-0.2, 0) is 9.16 Å². The smallest absolute Gasteiger partial charge is 0.192 e. The fourth-order valence-electron chi connectivity index (χ4n) is 1.65. The molecular weight excluding hydrogens is 218 g/mol. The summed E-state index contributed by atoms with van der Waals surface area (Å²) in [6.07, 6.45) is 2.66. The second-order valence-electron chi connectivity index (χ2n) is 6.27. The molecule has 1 aliphatic rings. The van der Waals surface area contributed by atoms with E-state index in [1.165, 1.54) is 0 Å². The molecule has 2 atom stereocenters. The van der Waals surface area contributed by atoms with E-state index in [1.807, 2.05) is 0 Å². The summed E-state index contributed by atoms with van der Waals surface area (Å²) >= 11 is 0. The lowest BCUT2D eigenvalue weighted by Crippen LogP contribution is -2.47. The first-order valence-electron chi connectivity index (χ1n) is 6.26. The molecular formula is C12H27NO2Si. The van der Waals surface area contributed by atoms with Crippen molar-refractivity contribution in [2.24, 2.45) is 5.73 Å². The maximum atomic E-state index is 6.31. The molecule has 0 aromatic carbocycles. The second-order valence-corrected chi connectivity index (χ2v) is 11.0. The summed E-state index contributed by atoms with van der Waals surface area (Å²) in [5.74, 6) is 0. The standard InChI is InChI=1S/C12H27NO2Si/c1-12(2,3)16(4,5)15-11-7-6-10(8-13)14-9-11/h10-11H,6-9,13H2,1-5H3/t10-,11+/m0/s1. The third-order valence-electron chi connectivity index (χ3n) is 3.86. The van der Waals surface area contributed by atoms with Crippen molar-refractivity contribution in [1.29, 1.82) is 0 Å². The highest BCUT2D eigenvalue weighted by Gasteiger charge is 2.39. The molecule has 0 unspecified atom stereocenters. The van der Waals surface area contributed by atoms with E-state index in [4.69, 9.17) is 14.9 Å². The topological polar surface area (TPSA) is 44.5 Å². The Kier molecular flexibility index (Phi) is 4.57. The Bertz CT molecular complexity index is 218. The van der Waals surface area contributed by atoms with E-state index in [0.717, 1.165) is 12.8 Å². The molecule has 96 valence electrons. The summed E-state index contributed by atoms with van der Waals surface area (Å²) in [4.78, 5) is 0. The minimum atomic E-state index is -1.64. The van der Waals surface area contributed by atoms with Crippen molar-refractivity contribution in [2.75, 3.05) is 13.2 Å². The van der Waals surface area contributed by atoms with Gasteiger partial charge in [0.15, 0.2) is 8.32 Å². The molecule has 0 spiro atoms. The van der Waals surface area contributed by atoms with Gasteiger partial charge in [0, 0.05) is 6.54 Å². The van der Waals surface area contributed by atoms with Crippen LogP contribution in [0.5, 0.6) is 0 Å². The summed E-state index contributed by atoms with van der Waals surface area (Å²) in [5.41, 5.74) is 5.59. The Morgan fingerprint density at radius 2 is 1.94 bits per heavy atom. The van der Waals surface area contributed by atoms with Crippen molar-refractivity contribution < 1.29 is 9.16 Å². The predicted octanol–water partition coefficient (Wildman–Crippen LogP) is 2.51. The van der Waals surface area contributed by atoms with Crippen molar-refractivity contribution in [3.05, 3.63) is 0 Å². The number of hydrogen-bond acceptors (Lipinski definition) is 3. The number of rotatable bonds is 3. The van der Waals surface area contributed by atoms with E-state index in [2.05, 4.69) is 33.9 Å². The van der Waals surface area contributed by atoms with Gasteiger partial charge >= 0.3 is 0 Å². The first-order chi connectivity index (χ1) is 7.26. The van der Waals surface area contributed by atoms with Gasteiger partial charge in [-0.25, -0.2) is 0 Å². The summed E-state index contributed by atoms with van der Waals surface area (Å²) in [5, 5.41) is 0.276. The van der Waals surface area contributed by atoms with Gasteiger partial charge in [0.2, 0.25) is 0 Å². The van der Waals surface area contributed by atoms with Crippen LogP contribution < -0.4 is 5.73 Å². The van der Waals surface area contributed by atoms with Gasteiger partial charge in [0.05, 0.1) is 18.8 Å². The molecule has 1 saturated heterocycles. The normalized spacial score (nSPS) is 28.1. The van der Waals surface area contributed by atoms with E-state index in [9.17, 15) is 0 Å². The zero-order valence-corrected chi connectivity index (χ0v) is 12.4. The fourth-order valence-corrected chi connectivity index (χ4v) is 3.03. The molecule has 2 N–H and O–H groups in total. The molecule has 16 heavy (non-hydrogen) atoms.